The number of carbonyl (C=O) groups excluding carboxylic acids is 1. The van der Waals surface area contributed by atoms with E-state index in [0.29, 0.717) is 6.54 Å². The summed E-state index contributed by atoms with van der Waals surface area (Å²) in [5, 5.41) is 0.193. The van der Waals surface area contributed by atoms with Crippen LogP contribution in [0.4, 0.5) is 0 Å². The number of halogens is 3. The van der Waals surface area contributed by atoms with Gasteiger partial charge in [-0.2, -0.15) is 0 Å². The molecular formula is C13H14BrCl2NO3S. The third kappa shape index (κ3) is 3.38. The fraction of sp³-hybridized carbons (Fsp3) is 0.462. The Hall–Kier alpha value is -0.300. The number of likely N-dealkylation sites (tertiary alicyclic amines) is 1. The molecule has 0 aliphatic carbocycles. The van der Waals surface area contributed by atoms with Crippen molar-refractivity contribution in [3.05, 3.63) is 27.2 Å². The van der Waals surface area contributed by atoms with Gasteiger partial charge in [0, 0.05) is 27.2 Å². The first-order valence-corrected chi connectivity index (χ1v) is 9.78. The number of rotatable bonds is 2. The van der Waals surface area contributed by atoms with Crippen LogP contribution in [0.2, 0.25) is 5.02 Å². The molecule has 0 radical (unpaired) electrons. The summed E-state index contributed by atoms with van der Waals surface area (Å²) in [6, 6.07) is 2.61. The SMILES string of the molecule is CC1(C)CCCN1C(=O)c1cc(S(=O)(=O)Cl)c(Br)cc1Cl. The van der Waals surface area contributed by atoms with Crippen molar-refractivity contribution in [3.8, 4) is 0 Å². The average Bonchev–Trinajstić information content (AvgIpc) is 2.66. The van der Waals surface area contributed by atoms with E-state index in [1.165, 1.54) is 12.1 Å². The van der Waals surface area contributed by atoms with Crippen molar-refractivity contribution in [2.45, 2.75) is 37.1 Å². The van der Waals surface area contributed by atoms with Crippen molar-refractivity contribution >= 4 is 53.2 Å². The topological polar surface area (TPSA) is 54.5 Å². The first kappa shape index (κ1) is 17.1. The van der Waals surface area contributed by atoms with Crippen molar-refractivity contribution < 1.29 is 13.2 Å². The van der Waals surface area contributed by atoms with Gasteiger partial charge in [-0.25, -0.2) is 8.42 Å². The molecule has 1 heterocycles. The molecule has 4 nitrogen and oxygen atoms in total. The lowest BCUT2D eigenvalue weighted by Gasteiger charge is -2.32. The number of amides is 1. The van der Waals surface area contributed by atoms with Crippen LogP contribution in [0, 0.1) is 0 Å². The van der Waals surface area contributed by atoms with Gasteiger partial charge in [-0.05, 0) is 54.8 Å². The van der Waals surface area contributed by atoms with E-state index in [4.69, 9.17) is 22.3 Å². The van der Waals surface area contributed by atoms with Gasteiger partial charge in [-0.1, -0.05) is 11.6 Å². The average molecular weight is 415 g/mol. The van der Waals surface area contributed by atoms with Gasteiger partial charge in [-0.15, -0.1) is 0 Å². The van der Waals surface area contributed by atoms with Crippen LogP contribution in [-0.4, -0.2) is 31.3 Å². The van der Waals surface area contributed by atoms with Crippen LogP contribution in [0.15, 0.2) is 21.5 Å². The highest BCUT2D eigenvalue weighted by Crippen LogP contribution is 2.35. The van der Waals surface area contributed by atoms with E-state index in [0.717, 1.165) is 12.8 Å². The van der Waals surface area contributed by atoms with Crippen molar-refractivity contribution in [1.82, 2.24) is 4.90 Å². The lowest BCUT2D eigenvalue weighted by atomic mass is 10.0. The smallest absolute Gasteiger partial charge is 0.262 e. The molecule has 1 aromatic carbocycles. The van der Waals surface area contributed by atoms with Crippen molar-refractivity contribution in [1.29, 1.82) is 0 Å². The van der Waals surface area contributed by atoms with Crippen LogP contribution in [0.5, 0.6) is 0 Å². The van der Waals surface area contributed by atoms with Crippen LogP contribution >= 0.6 is 38.2 Å². The molecule has 2 rings (SSSR count). The van der Waals surface area contributed by atoms with Crippen LogP contribution in [-0.2, 0) is 9.05 Å². The molecule has 1 fully saturated rings. The molecule has 1 aliphatic heterocycles. The molecule has 0 spiro atoms. The molecule has 0 saturated carbocycles. The number of hydrogen-bond acceptors (Lipinski definition) is 3. The number of benzene rings is 1. The lowest BCUT2D eigenvalue weighted by molar-refractivity contribution is 0.0652. The molecule has 0 unspecified atom stereocenters. The summed E-state index contributed by atoms with van der Waals surface area (Å²) in [6.45, 7) is 4.58. The predicted octanol–water partition coefficient (Wildman–Crippen LogP) is 4.04. The van der Waals surface area contributed by atoms with Crippen molar-refractivity contribution in [2.24, 2.45) is 0 Å². The second-order valence-corrected chi connectivity index (χ2v) is 9.37. The van der Waals surface area contributed by atoms with E-state index in [1.807, 2.05) is 13.8 Å². The van der Waals surface area contributed by atoms with Gasteiger partial charge in [0.15, 0.2) is 0 Å². The fourth-order valence-corrected chi connectivity index (χ4v) is 5.08. The van der Waals surface area contributed by atoms with E-state index < -0.39 is 9.05 Å². The number of nitrogens with zero attached hydrogens (tertiary/aromatic N) is 1. The molecule has 0 bridgehead atoms. The summed E-state index contributed by atoms with van der Waals surface area (Å²) in [6.07, 6.45) is 1.81. The lowest BCUT2D eigenvalue weighted by Crippen LogP contribution is -2.42. The summed E-state index contributed by atoms with van der Waals surface area (Å²) in [4.78, 5) is 14.2. The quantitative estimate of drug-likeness (QED) is 0.686. The molecule has 1 aliphatic rings. The maximum absolute atomic E-state index is 12.7. The summed E-state index contributed by atoms with van der Waals surface area (Å²) < 4.78 is 23.3. The van der Waals surface area contributed by atoms with E-state index in [-0.39, 0.29) is 31.4 Å². The summed E-state index contributed by atoms with van der Waals surface area (Å²) in [5.41, 5.74) is -0.123. The van der Waals surface area contributed by atoms with E-state index in [2.05, 4.69) is 15.9 Å². The highest BCUT2D eigenvalue weighted by molar-refractivity contribution is 9.10. The second-order valence-electron chi connectivity index (χ2n) is 5.57. The second kappa shape index (κ2) is 5.72. The molecule has 0 aromatic heterocycles. The van der Waals surface area contributed by atoms with E-state index in [9.17, 15) is 13.2 Å². The normalized spacial score (nSPS) is 18.0. The van der Waals surface area contributed by atoms with Crippen LogP contribution in [0.3, 0.4) is 0 Å². The Morgan fingerprint density at radius 2 is 2.00 bits per heavy atom. The minimum atomic E-state index is -3.96. The summed E-state index contributed by atoms with van der Waals surface area (Å²) in [7, 11) is 1.42. The van der Waals surface area contributed by atoms with Gasteiger partial charge in [0.25, 0.3) is 15.0 Å². The third-order valence-electron chi connectivity index (χ3n) is 3.66. The highest BCUT2D eigenvalue weighted by atomic mass is 79.9. The van der Waals surface area contributed by atoms with Gasteiger partial charge in [0.1, 0.15) is 0 Å². The Bertz CT molecular complexity index is 704. The Morgan fingerprint density at radius 3 is 2.48 bits per heavy atom. The number of hydrogen-bond donors (Lipinski definition) is 0. The summed E-state index contributed by atoms with van der Waals surface area (Å²) in [5.74, 6) is -0.281. The van der Waals surface area contributed by atoms with Crippen molar-refractivity contribution in [2.75, 3.05) is 6.54 Å². The van der Waals surface area contributed by atoms with Gasteiger partial charge in [-0.3, -0.25) is 4.79 Å². The molecular weight excluding hydrogens is 401 g/mol. The first-order valence-electron chi connectivity index (χ1n) is 6.30. The Morgan fingerprint density at radius 1 is 1.38 bits per heavy atom. The summed E-state index contributed by atoms with van der Waals surface area (Å²) >= 11 is 9.20. The zero-order chi connectivity index (χ0) is 16.0. The monoisotopic (exact) mass is 413 g/mol. The zero-order valence-corrected chi connectivity index (χ0v) is 15.4. The van der Waals surface area contributed by atoms with Gasteiger partial charge >= 0.3 is 0 Å². The molecule has 1 saturated heterocycles. The molecule has 0 atom stereocenters. The first-order chi connectivity index (χ1) is 9.54. The van der Waals surface area contributed by atoms with E-state index >= 15 is 0 Å². The third-order valence-corrected chi connectivity index (χ3v) is 6.25. The molecule has 8 heteroatoms. The van der Waals surface area contributed by atoms with Crippen LogP contribution in [0.1, 0.15) is 37.0 Å². The van der Waals surface area contributed by atoms with Crippen LogP contribution in [0.25, 0.3) is 0 Å². The largest absolute Gasteiger partial charge is 0.333 e. The molecule has 21 heavy (non-hydrogen) atoms. The van der Waals surface area contributed by atoms with Crippen LogP contribution < -0.4 is 0 Å². The Kier molecular flexibility index (Phi) is 4.65. The van der Waals surface area contributed by atoms with Gasteiger partial charge < -0.3 is 4.90 Å². The number of carbonyl (C=O) groups is 1. The molecule has 116 valence electrons. The minimum Gasteiger partial charge on any atom is -0.333 e. The maximum Gasteiger partial charge on any atom is 0.262 e. The minimum absolute atomic E-state index is 0.147. The van der Waals surface area contributed by atoms with E-state index in [1.54, 1.807) is 4.90 Å². The Balaban J connectivity index is 2.52. The fourth-order valence-electron chi connectivity index (χ4n) is 2.51. The standard InChI is InChI=1S/C13H14BrCl2NO3S/c1-13(2)4-3-5-17(13)12(18)8-6-11(21(16,19)20)9(14)7-10(8)15/h6-7H,3-5H2,1-2H3. The molecule has 0 N–H and O–H groups in total. The molecule has 1 aromatic rings. The predicted molar refractivity (Wildman–Crippen MR) is 86.5 cm³/mol. The zero-order valence-electron chi connectivity index (χ0n) is 11.5. The maximum atomic E-state index is 12.7. The van der Waals surface area contributed by atoms with Gasteiger partial charge in [0.05, 0.1) is 15.5 Å². The molecule has 1 amide bonds. The van der Waals surface area contributed by atoms with Gasteiger partial charge in [0.2, 0.25) is 0 Å². The van der Waals surface area contributed by atoms with Crippen molar-refractivity contribution in [3.63, 3.8) is 0 Å². The Labute approximate surface area is 142 Å². The highest BCUT2D eigenvalue weighted by Gasteiger charge is 2.37.